The lowest BCUT2D eigenvalue weighted by atomic mass is 10.3. The van der Waals surface area contributed by atoms with Gasteiger partial charge in [0.05, 0.1) is 18.2 Å². The molecule has 0 saturated heterocycles. The topological polar surface area (TPSA) is 143 Å². The third-order valence-electron chi connectivity index (χ3n) is 2.36. The summed E-state index contributed by atoms with van der Waals surface area (Å²) < 4.78 is 31.6. The van der Waals surface area contributed by atoms with Gasteiger partial charge in [0.25, 0.3) is 10.0 Å². The van der Waals surface area contributed by atoms with E-state index in [0.717, 1.165) is 0 Å². The fourth-order valence-electron chi connectivity index (χ4n) is 1.44. The molecule has 0 fully saturated rings. The number of benzene rings is 1. The van der Waals surface area contributed by atoms with E-state index in [1.807, 2.05) is 0 Å². The van der Waals surface area contributed by atoms with Crippen LogP contribution in [0.5, 0.6) is 5.75 Å². The van der Waals surface area contributed by atoms with E-state index in [0.29, 0.717) is 11.4 Å². The van der Waals surface area contributed by atoms with Crippen molar-refractivity contribution < 1.29 is 18.4 Å². The van der Waals surface area contributed by atoms with Crippen molar-refractivity contribution in [3.05, 3.63) is 36.8 Å². The molecule has 21 heavy (non-hydrogen) atoms. The number of H-pyrrole nitrogens is 1. The van der Waals surface area contributed by atoms with Gasteiger partial charge in [-0.25, -0.2) is 4.98 Å². The normalized spacial score (nSPS) is 12.1. The highest BCUT2D eigenvalue weighted by molar-refractivity contribution is 7.92. The number of hydrogen-bond acceptors (Lipinski definition) is 6. The van der Waals surface area contributed by atoms with Crippen molar-refractivity contribution in [1.29, 1.82) is 0 Å². The number of nitrogens with one attached hydrogen (secondary N) is 2. The van der Waals surface area contributed by atoms with Gasteiger partial charge in [-0.05, 0) is 12.1 Å². The molecule has 112 valence electrons. The summed E-state index contributed by atoms with van der Waals surface area (Å²) in [6.45, 7) is -0.118. The van der Waals surface area contributed by atoms with Crippen molar-refractivity contribution in [3.8, 4) is 5.75 Å². The molecule has 0 unspecified atom stereocenters. The molecule has 1 aromatic heterocycles. The highest BCUT2D eigenvalue weighted by Crippen LogP contribution is 2.20. The molecule has 1 aromatic carbocycles. The molecule has 0 atom stereocenters. The van der Waals surface area contributed by atoms with Crippen LogP contribution in [0.25, 0.3) is 0 Å². The van der Waals surface area contributed by atoms with Gasteiger partial charge < -0.3 is 20.7 Å². The van der Waals surface area contributed by atoms with Crippen LogP contribution >= 0.6 is 0 Å². The lowest BCUT2D eigenvalue weighted by molar-refractivity contribution is 0.306. The van der Waals surface area contributed by atoms with Gasteiger partial charge in [-0.2, -0.15) is 8.42 Å². The Hall–Kier alpha value is -2.75. The van der Waals surface area contributed by atoms with E-state index in [2.05, 4.69) is 19.8 Å². The van der Waals surface area contributed by atoms with Crippen LogP contribution in [-0.4, -0.2) is 36.0 Å². The minimum absolute atomic E-state index is 0.0505. The fourth-order valence-corrected chi connectivity index (χ4v) is 2.39. The number of aromatic amines is 1. The number of ether oxygens (including phenoxy) is 1. The molecule has 0 aliphatic heterocycles. The molecule has 10 heteroatoms. The molecule has 0 spiro atoms. The average molecular weight is 311 g/mol. The van der Waals surface area contributed by atoms with E-state index in [4.69, 9.17) is 15.7 Å². The molecular formula is C11H13N5O4S. The first-order chi connectivity index (χ1) is 10.0. The summed E-state index contributed by atoms with van der Waals surface area (Å²) in [7, 11) is -3.73. The highest BCUT2D eigenvalue weighted by atomic mass is 32.2. The first kappa shape index (κ1) is 14.7. The van der Waals surface area contributed by atoms with E-state index in [-0.39, 0.29) is 17.5 Å². The van der Waals surface area contributed by atoms with Gasteiger partial charge in [0.15, 0.2) is 10.9 Å². The molecule has 5 N–H and O–H groups in total. The van der Waals surface area contributed by atoms with Crippen LogP contribution in [-0.2, 0) is 10.0 Å². The van der Waals surface area contributed by atoms with Gasteiger partial charge in [-0.15, -0.1) is 0 Å². The van der Waals surface area contributed by atoms with Crippen molar-refractivity contribution in [1.82, 2.24) is 9.97 Å². The second-order valence-corrected chi connectivity index (χ2v) is 5.58. The smallest absolute Gasteiger partial charge is 0.278 e. The number of nitrogens with zero attached hydrogens (tertiary/aromatic N) is 2. The zero-order chi connectivity index (χ0) is 15.3. The molecule has 0 bridgehead atoms. The first-order valence-corrected chi connectivity index (χ1v) is 7.20. The van der Waals surface area contributed by atoms with Crippen molar-refractivity contribution in [2.45, 2.75) is 5.03 Å². The SMILES string of the molecule is NC(COc1cccc(NS(=O)(=O)c2cnc[nH]2)c1)=NO. The lowest BCUT2D eigenvalue weighted by Crippen LogP contribution is -2.20. The molecule has 2 rings (SSSR count). The maximum absolute atomic E-state index is 12.0. The summed E-state index contributed by atoms with van der Waals surface area (Å²) in [6, 6.07) is 6.24. The van der Waals surface area contributed by atoms with Crippen LogP contribution < -0.4 is 15.2 Å². The fraction of sp³-hybridized carbons (Fsp3) is 0.0909. The second kappa shape index (κ2) is 6.13. The van der Waals surface area contributed by atoms with Gasteiger partial charge in [0, 0.05) is 6.07 Å². The van der Waals surface area contributed by atoms with E-state index in [9.17, 15) is 8.42 Å². The minimum atomic E-state index is -3.73. The number of imidazole rings is 1. The molecule has 0 amide bonds. The van der Waals surface area contributed by atoms with Crippen LogP contribution in [0.1, 0.15) is 0 Å². The van der Waals surface area contributed by atoms with Gasteiger partial charge >= 0.3 is 0 Å². The predicted molar refractivity (Wildman–Crippen MR) is 74.7 cm³/mol. The third-order valence-corrected chi connectivity index (χ3v) is 3.67. The highest BCUT2D eigenvalue weighted by Gasteiger charge is 2.15. The number of oxime groups is 1. The number of anilines is 1. The van der Waals surface area contributed by atoms with Crippen molar-refractivity contribution >= 4 is 21.5 Å². The second-order valence-electron chi connectivity index (χ2n) is 3.93. The van der Waals surface area contributed by atoms with Crippen molar-refractivity contribution in [3.63, 3.8) is 0 Å². The Kier molecular flexibility index (Phi) is 4.28. The van der Waals surface area contributed by atoms with E-state index >= 15 is 0 Å². The molecule has 1 heterocycles. The summed E-state index contributed by atoms with van der Waals surface area (Å²) >= 11 is 0. The Morgan fingerprint density at radius 3 is 3.00 bits per heavy atom. The zero-order valence-corrected chi connectivity index (χ0v) is 11.5. The summed E-state index contributed by atoms with van der Waals surface area (Å²) in [5.74, 6) is 0.268. The van der Waals surface area contributed by atoms with Crippen LogP contribution in [0, 0.1) is 0 Å². The number of hydrogen-bond donors (Lipinski definition) is 4. The average Bonchev–Trinajstić information content (AvgIpc) is 2.99. The standard InChI is InChI=1S/C11H13N5O4S/c12-10(15-17)6-20-9-3-1-2-8(4-9)16-21(18,19)11-5-13-7-14-11/h1-5,7,16-17H,6H2,(H2,12,15)(H,13,14). The number of amidine groups is 1. The Balaban J connectivity index is 2.11. The van der Waals surface area contributed by atoms with E-state index in [1.54, 1.807) is 18.2 Å². The van der Waals surface area contributed by atoms with Gasteiger partial charge in [-0.3, -0.25) is 4.72 Å². The molecule has 0 radical (unpaired) electrons. The summed E-state index contributed by atoms with van der Waals surface area (Å²) in [5, 5.41) is 11.1. The summed E-state index contributed by atoms with van der Waals surface area (Å²) in [4.78, 5) is 6.16. The Labute approximate surface area is 120 Å². The van der Waals surface area contributed by atoms with Crippen molar-refractivity contribution in [2.75, 3.05) is 11.3 Å². The maximum atomic E-state index is 12.0. The van der Waals surface area contributed by atoms with Gasteiger partial charge in [-0.1, -0.05) is 11.2 Å². The Morgan fingerprint density at radius 1 is 1.52 bits per heavy atom. The van der Waals surface area contributed by atoms with Crippen molar-refractivity contribution in [2.24, 2.45) is 10.9 Å². The number of sulfonamides is 1. The maximum Gasteiger partial charge on any atom is 0.278 e. The monoisotopic (exact) mass is 311 g/mol. The van der Waals surface area contributed by atoms with Crippen LogP contribution in [0.4, 0.5) is 5.69 Å². The minimum Gasteiger partial charge on any atom is -0.485 e. The molecule has 0 aliphatic rings. The molecule has 0 saturated carbocycles. The van der Waals surface area contributed by atoms with Gasteiger partial charge in [0.2, 0.25) is 0 Å². The van der Waals surface area contributed by atoms with Crippen LogP contribution in [0.15, 0.2) is 47.0 Å². The third kappa shape index (κ3) is 3.86. The molecule has 0 aliphatic carbocycles. The number of nitrogens with two attached hydrogens (primary N) is 1. The Bertz CT molecular complexity index is 727. The number of aromatic nitrogens is 2. The lowest BCUT2D eigenvalue weighted by Gasteiger charge is -2.09. The summed E-state index contributed by atoms with van der Waals surface area (Å²) in [5.41, 5.74) is 5.58. The largest absolute Gasteiger partial charge is 0.485 e. The molecular weight excluding hydrogens is 298 g/mol. The molecule has 2 aromatic rings. The van der Waals surface area contributed by atoms with Crippen LogP contribution in [0.2, 0.25) is 0 Å². The summed E-state index contributed by atoms with van der Waals surface area (Å²) in [6.07, 6.45) is 2.46. The quantitative estimate of drug-likeness (QED) is 0.262. The molecule has 9 nitrogen and oxygen atoms in total. The van der Waals surface area contributed by atoms with E-state index in [1.165, 1.54) is 18.6 Å². The predicted octanol–water partition coefficient (Wildman–Crippen LogP) is 0.336. The zero-order valence-electron chi connectivity index (χ0n) is 10.7. The van der Waals surface area contributed by atoms with Crippen LogP contribution in [0.3, 0.4) is 0 Å². The Morgan fingerprint density at radius 2 is 2.33 bits per heavy atom. The van der Waals surface area contributed by atoms with E-state index < -0.39 is 10.0 Å². The number of rotatable bonds is 6. The first-order valence-electron chi connectivity index (χ1n) is 5.72. The van der Waals surface area contributed by atoms with Gasteiger partial charge in [0.1, 0.15) is 12.4 Å².